The molecule has 0 bridgehead atoms. The van der Waals surface area contributed by atoms with Crippen molar-refractivity contribution in [3.05, 3.63) is 15.6 Å². The maximum absolute atomic E-state index is 11.3. The van der Waals surface area contributed by atoms with Crippen molar-refractivity contribution in [2.24, 2.45) is 0 Å². The number of thiazole rings is 1. The smallest absolute Gasteiger partial charge is 0.347 e. The second-order valence-electron chi connectivity index (χ2n) is 5.28. The van der Waals surface area contributed by atoms with Gasteiger partial charge < -0.3 is 10.4 Å². The number of rotatable bonds is 4. The predicted molar refractivity (Wildman–Crippen MR) is 73.8 cm³/mol. The highest BCUT2D eigenvalue weighted by Gasteiger charge is 2.29. The third-order valence-corrected chi connectivity index (χ3v) is 5.00. The SMILES string of the molecule is O=C(O)c1sc(CN2CCNCC2)nc1C1CCC1. The predicted octanol–water partition coefficient (Wildman–Crippen LogP) is 1.51. The van der Waals surface area contributed by atoms with E-state index in [-0.39, 0.29) is 0 Å². The Morgan fingerprint density at radius 1 is 1.42 bits per heavy atom. The maximum Gasteiger partial charge on any atom is 0.347 e. The van der Waals surface area contributed by atoms with Gasteiger partial charge in [0, 0.05) is 32.1 Å². The number of carboxylic acids is 1. The van der Waals surface area contributed by atoms with Gasteiger partial charge in [-0.1, -0.05) is 6.42 Å². The zero-order valence-corrected chi connectivity index (χ0v) is 11.7. The Morgan fingerprint density at radius 2 is 2.16 bits per heavy atom. The molecule has 2 fully saturated rings. The van der Waals surface area contributed by atoms with E-state index in [1.807, 2.05) is 0 Å². The van der Waals surface area contributed by atoms with Crippen molar-refractivity contribution < 1.29 is 9.90 Å². The molecule has 6 heteroatoms. The lowest BCUT2D eigenvalue weighted by Crippen LogP contribution is -2.42. The maximum atomic E-state index is 11.3. The fourth-order valence-electron chi connectivity index (χ4n) is 2.62. The van der Waals surface area contributed by atoms with Crippen molar-refractivity contribution in [2.75, 3.05) is 26.2 Å². The quantitative estimate of drug-likeness (QED) is 0.876. The summed E-state index contributed by atoms with van der Waals surface area (Å²) in [5, 5.41) is 13.6. The Labute approximate surface area is 116 Å². The molecule has 2 N–H and O–H groups in total. The van der Waals surface area contributed by atoms with Crippen LogP contribution in [0.3, 0.4) is 0 Å². The normalized spacial score (nSPS) is 21.3. The average Bonchev–Trinajstić information content (AvgIpc) is 2.72. The van der Waals surface area contributed by atoms with Gasteiger partial charge in [-0.2, -0.15) is 0 Å². The van der Waals surface area contributed by atoms with Crippen LogP contribution >= 0.6 is 11.3 Å². The molecule has 1 saturated heterocycles. The summed E-state index contributed by atoms with van der Waals surface area (Å²) in [6, 6.07) is 0. The highest BCUT2D eigenvalue weighted by molar-refractivity contribution is 7.13. The summed E-state index contributed by atoms with van der Waals surface area (Å²) in [5.74, 6) is -0.426. The molecule has 1 saturated carbocycles. The Bertz CT molecular complexity index is 464. The van der Waals surface area contributed by atoms with E-state index in [0.29, 0.717) is 10.8 Å². The van der Waals surface area contributed by atoms with E-state index in [1.165, 1.54) is 17.8 Å². The summed E-state index contributed by atoms with van der Waals surface area (Å²) in [7, 11) is 0. The number of aromatic carboxylic acids is 1. The fraction of sp³-hybridized carbons (Fsp3) is 0.692. The van der Waals surface area contributed by atoms with Crippen molar-refractivity contribution in [1.29, 1.82) is 0 Å². The van der Waals surface area contributed by atoms with Gasteiger partial charge in [-0.3, -0.25) is 4.90 Å². The van der Waals surface area contributed by atoms with Crippen LogP contribution in [0, 0.1) is 0 Å². The first-order chi connectivity index (χ1) is 9.24. The van der Waals surface area contributed by atoms with Crippen molar-refractivity contribution in [3.8, 4) is 0 Å². The largest absolute Gasteiger partial charge is 0.477 e. The zero-order chi connectivity index (χ0) is 13.2. The number of carboxylic acid groups (broad SMARTS) is 1. The van der Waals surface area contributed by atoms with E-state index in [9.17, 15) is 9.90 Å². The summed E-state index contributed by atoms with van der Waals surface area (Å²) < 4.78 is 0. The minimum absolute atomic E-state index is 0.388. The van der Waals surface area contributed by atoms with Gasteiger partial charge in [0.15, 0.2) is 0 Å². The van der Waals surface area contributed by atoms with Gasteiger partial charge in [0.2, 0.25) is 0 Å². The third-order valence-electron chi connectivity index (χ3n) is 3.95. The van der Waals surface area contributed by atoms with Gasteiger partial charge in [-0.15, -0.1) is 11.3 Å². The monoisotopic (exact) mass is 281 g/mol. The minimum atomic E-state index is -0.814. The molecule has 5 nitrogen and oxygen atoms in total. The van der Waals surface area contributed by atoms with Crippen LogP contribution in [0.4, 0.5) is 0 Å². The summed E-state index contributed by atoms with van der Waals surface area (Å²) in [4.78, 5) is 18.7. The van der Waals surface area contributed by atoms with E-state index in [1.54, 1.807) is 0 Å². The van der Waals surface area contributed by atoms with Crippen molar-refractivity contribution in [2.45, 2.75) is 31.7 Å². The fourth-order valence-corrected chi connectivity index (χ4v) is 3.65. The second kappa shape index (κ2) is 5.56. The molecular formula is C13H19N3O2S. The van der Waals surface area contributed by atoms with E-state index >= 15 is 0 Å². The zero-order valence-electron chi connectivity index (χ0n) is 10.9. The molecule has 0 radical (unpaired) electrons. The minimum Gasteiger partial charge on any atom is -0.477 e. The first kappa shape index (κ1) is 13.0. The summed E-state index contributed by atoms with van der Waals surface area (Å²) >= 11 is 1.37. The molecule has 0 unspecified atom stereocenters. The first-order valence-corrected chi connectivity index (χ1v) is 7.71. The molecular weight excluding hydrogens is 262 g/mol. The van der Waals surface area contributed by atoms with Gasteiger partial charge in [0.25, 0.3) is 0 Å². The van der Waals surface area contributed by atoms with Crippen molar-refractivity contribution in [1.82, 2.24) is 15.2 Å². The highest BCUT2D eigenvalue weighted by atomic mass is 32.1. The number of hydrogen-bond donors (Lipinski definition) is 2. The third kappa shape index (κ3) is 2.80. The Balaban J connectivity index is 1.75. The molecule has 3 rings (SSSR count). The molecule has 1 aromatic rings. The molecule has 104 valence electrons. The summed E-state index contributed by atoms with van der Waals surface area (Å²) in [6.07, 6.45) is 3.39. The lowest BCUT2D eigenvalue weighted by Gasteiger charge is -2.26. The topological polar surface area (TPSA) is 65.5 Å². The number of piperazine rings is 1. The summed E-state index contributed by atoms with van der Waals surface area (Å²) in [6.45, 7) is 4.83. The lowest BCUT2D eigenvalue weighted by molar-refractivity contribution is 0.0699. The summed E-state index contributed by atoms with van der Waals surface area (Å²) in [5.41, 5.74) is 0.842. The molecule has 0 spiro atoms. The molecule has 2 heterocycles. The van der Waals surface area contributed by atoms with Crippen LogP contribution in [0.15, 0.2) is 0 Å². The van der Waals surface area contributed by atoms with Crippen LogP contribution < -0.4 is 5.32 Å². The standard InChI is InChI=1S/C13H19N3O2S/c17-13(18)12-11(9-2-1-3-9)15-10(19-12)8-16-6-4-14-5-7-16/h9,14H,1-8H2,(H,17,18). The molecule has 0 atom stereocenters. The Hall–Kier alpha value is -0.980. The molecule has 0 aromatic carbocycles. The average molecular weight is 281 g/mol. The van der Waals surface area contributed by atoms with E-state index < -0.39 is 5.97 Å². The molecule has 0 amide bonds. The van der Waals surface area contributed by atoms with E-state index in [4.69, 9.17) is 0 Å². The molecule has 1 aliphatic carbocycles. The molecule has 2 aliphatic rings. The van der Waals surface area contributed by atoms with Gasteiger partial charge in [0.1, 0.15) is 9.88 Å². The number of carbonyl (C=O) groups is 1. The van der Waals surface area contributed by atoms with Gasteiger partial charge >= 0.3 is 5.97 Å². The van der Waals surface area contributed by atoms with Gasteiger partial charge in [-0.25, -0.2) is 9.78 Å². The van der Waals surface area contributed by atoms with Gasteiger partial charge in [-0.05, 0) is 12.8 Å². The van der Waals surface area contributed by atoms with Crippen LogP contribution in [-0.4, -0.2) is 47.1 Å². The van der Waals surface area contributed by atoms with E-state index in [2.05, 4.69) is 15.2 Å². The molecule has 1 aromatic heterocycles. The first-order valence-electron chi connectivity index (χ1n) is 6.90. The Morgan fingerprint density at radius 3 is 2.74 bits per heavy atom. The van der Waals surface area contributed by atoms with E-state index in [0.717, 1.165) is 56.3 Å². The number of hydrogen-bond acceptors (Lipinski definition) is 5. The van der Waals surface area contributed by atoms with Crippen LogP contribution in [0.25, 0.3) is 0 Å². The molecule has 19 heavy (non-hydrogen) atoms. The highest BCUT2D eigenvalue weighted by Crippen LogP contribution is 2.39. The van der Waals surface area contributed by atoms with Crippen LogP contribution in [0.1, 0.15) is 45.6 Å². The van der Waals surface area contributed by atoms with Crippen molar-refractivity contribution in [3.63, 3.8) is 0 Å². The number of aromatic nitrogens is 1. The second-order valence-corrected chi connectivity index (χ2v) is 6.36. The molecule has 1 aliphatic heterocycles. The van der Waals surface area contributed by atoms with Crippen LogP contribution in [0.2, 0.25) is 0 Å². The van der Waals surface area contributed by atoms with Crippen molar-refractivity contribution >= 4 is 17.3 Å². The van der Waals surface area contributed by atoms with Gasteiger partial charge in [0.05, 0.1) is 12.2 Å². The Kier molecular flexibility index (Phi) is 3.81. The van der Waals surface area contributed by atoms with Crippen LogP contribution in [0.5, 0.6) is 0 Å². The number of nitrogens with zero attached hydrogens (tertiary/aromatic N) is 2. The van der Waals surface area contributed by atoms with Crippen LogP contribution in [-0.2, 0) is 6.54 Å². The number of nitrogens with one attached hydrogen (secondary N) is 1. The lowest BCUT2D eigenvalue weighted by atomic mass is 9.82.